The molecule has 0 spiro atoms. The van der Waals surface area contributed by atoms with E-state index < -0.39 is 0 Å². The molecule has 1 nitrogen and oxygen atoms in total. The Morgan fingerprint density at radius 2 is 2.15 bits per heavy atom. The minimum atomic E-state index is 0.749. The summed E-state index contributed by atoms with van der Waals surface area (Å²) in [5.74, 6) is 0. The molecule has 0 aliphatic carbocycles. The second kappa shape index (κ2) is 3.28. The molecular formula is C10H6INS. The second-order valence-electron chi connectivity index (χ2n) is 2.84. The van der Waals surface area contributed by atoms with Crippen LogP contribution < -0.4 is 0 Å². The maximum Gasteiger partial charge on any atom is 0.0992 e. The van der Waals surface area contributed by atoms with Crippen LogP contribution in [0.15, 0.2) is 18.2 Å². The van der Waals surface area contributed by atoms with Gasteiger partial charge in [-0.15, -0.1) is 11.3 Å². The highest BCUT2D eigenvalue weighted by atomic mass is 127. The minimum absolute atomic E-state index is 0.749. The van der Waals surface area contributed by atoms with Gasteiger partial charge in [0.15, 0.2) is 0 Å². The van der Waals surface area contributed by atoms with Crippen LogP contribution in [0.3, 0.4) is 0 Å². The molecule has 1 aromatic heterocycles. The molecule has 0 amide bonds. The van der Waals surface area contributed by atoms with E-state index in [1.165, 1.54) is 15.0 Å². The first kappa shape index (κ1) is 8.97. The molecule has 1 aromatic carbocycles. The molecule has 0 aliphatic heterocycles. The molecule has 0 atom stereocenters. The van der Waals surface area contributed by atoms with Gasteiger partial charge in [-0.25, -0.2) is 0 Å². The van der Waals surface area contributed by atoms with E-state index in [2.05, 4.69) is 41.7 Å². The monoisotopic (exact) mass is 299 g/mol. The summed E-state index contributed by atoms with van der Waals surface area (Å²) in [6, 6.07) is 8.22. The highest BCUT2D eigenvalue weighted by Gasteiger charge is 2.04. The van der Waals surface area contributed by atoms with Crippen molar-refractivity contribution in [1.82, 2.24) is 0 Å². The molecule has 64 valence electrons. The van der Waals surface area contributed by atoms with Gasteiger partial charge in [-0.1, -0.05) is 0 Å². The third kappa shape index (κ3) is 1.56. The van der Waals surface area contributed by atoms with Gasteiger partial charge in [0, 0.05) is 18.5 Å². The van der Waals surface area contributed by atoms with Gasteiger partial charge >= 0.3 is 0 Å². The SMILES string of the molecule is Cc1cc2c(I)cc(C#N)cc2s1. The Balaban J connectivity index is 2.85. The number of nitrogens with zero attached hydrogens (tertiary/aromatic N) is 1. The Bertz CT molecular complexity index is 507. The van der Waals surface area contributed by atoms with Crippen LogP contribution in [0.25, 0.3) is 10.1 Å². The normalized spacial score (nSPS) is 10.2. The van der Waals surface area contributed by atoms with Gasteiger partial charge in [0.25, 0.3) is 0 Å². The maximum atomic E-state index is 8.78. The zero-order valence-electron chi connectivity index (χ0n) is 6.97. The van der Waals surface area contributed by atoms with Gasteiger partial charge in [0.05, 0.1) is 11.6 Å². The van der Waals surface area contributed by atoms with E-state index in [9.17, 15) is 0 Å². The first-order chi connectivity index (χ1) is 6.20. The lowest BCUT2D eigenvalue weighted by molar-refractivity contribution is 1.49. The number of halogens is 1. The largest absolute Gasteiger partial charge is 0.192 e. The quantitative estimate of drug-likeness (QED) is 0.681. The van der Waals surface area contributed by atoms with E-state index in [1.807, 2.05) is 12.1 Å². The third-order valence-corrected chi connectivity index (χ3v) is 3.73. The van der Waals surface area contributed by atoms with Gasteiger partial charge in [-0.05, 0) is 47.7 Å². The number of nitriles is 1. The van der Waals surface area contributed by atoms with Crippen LogP contribution in [0.1, 0.15) is 10.4 Å². The number of thiophene rings is 1. The van der Waals surface area contributed by atoms with Crippen molar-refractivity contribution in [2.24, 2.45) is 0 Å². The molecule has 0 fully saturated rings. The highest BCUT2D eigenvalue weighted by molar-refractivity contribution is 14.1. The lowest BCUT2D eigenvalue weighted by Gasteiger charge is -1.94. The van der Waals surface area contributed by atoms with Crippen molar-refractivity contribution in [2.75, 3.05) is 0 Å². The van der Waals surface area contributed by atoms with Crippen LogP contribution in [0.5, 0.6) is 0 Å². The van der Waals surface area contributed by atoms with E-state index in [-0.39, 0.29) is 0 Å². The fraction of sp³-hybridized carbons (Fsp3) is 0.100. The Hall–Kier alpha value is -0.600. The number of fused-ring (bicyclic) bond motifs is 1. The van der Waals surface area contributed by atoms with E-state index in [1.54, 1.807) is 11.3 Å². The molecule has 0 bridgehead atoms. The molecule has 3 heteroatoms. The average Bonchev–Trinajstić information content (AvgIpc) is 2.46. The van der Waals surface area contributed by atoms with E-state index >= 15 is 0 Å². The summed E-state index contributed by atoms with van der Waals surface area (Å²) in [4.78, 5) is 1.29. The van der Waals surface area contributed by atoms with Crippen LogP contribution in [-0.4, -0.2) is 0 Å². The van der Waals surface area contributed by atoms with Crippen molar-refractivity contribution in [2.45, 2.75) is 6.92 Å². The summed E-state index contributed by atoms with van der Waals surface area (Å²) in [5.41, 5.74) is 0.749. The molecule has 0 radical (unpaired) electrons. The zero-order chi connectivity index (χ0) is 9.42. The fourth-order valence-corrected chi connectivity index (χ4v) is 3.24. The molecule has 2 rings (SSSR count). The predicted molar refractivity (Wildman–Crippen MR) is 64.0 cm³/mol. The molecule has 13 heavy (non-hydrogen) atoms. The summed E-state index contributed by atoms with van der Waals surface area (Å²) >= 11 is 4.02. The fourth-order valence-electron chi connectivity index (χ4n) is 1.29. The van der Waals surface area contributed by atoms with Crippen molar-refractivity contribution >= 4 is 44.0 Å². The number of hydrogen-bond acceptors (Lipinski definition) is 2. The minimum Gasteiger partial charge on any atom is -0.192 e. The van der Waals surface area contributed by atoms with Gasteiger partial charge in [-0.2, -0.15) is 5.26 Å². The van der Waals surface area contributed by atoms with E-state index in [0.717, 1.165) is 9.13 Å². The molecule has 1 heterocycles. The van der Waals surface area contributed by atoms with Gasteiger partial charge in [0.1, 0.15) is 0 Å². The Kier molecular flexibility index (Phi) is 2.26. The smallest absolute Gasteiger partial charge is 0.0992 e. The van der Waals surface area contributed by atoms with Crippen LogP contribution in [0.2, 0.25) is 0 Å². The summed E-state index contributed by atoms with van der Waals surface area (Å²) in [6.07, 6.45) is 0. The number of rotatable bonds is 0. The third-order valence-electron chi connectivity index (χ3n) is 1.84. The Morgan fingerprint density at radius 3 is 2.85 bits per heavy atom. The second-order valence-corrected chi connectivity index (χ2v) is 5.29. The van der Waals surface area contributed by atoms with Crippen molar-refractivity contribution in [1.29, 1.82) is 5.26 Å². The van der Waals surface area contributed by atoms with Crippen molar-refractivity contribution < 1.29 is 0 Å². The molecule has 0 saturated heterocycles. The lowest BCUT2D eigenvalue weighted by atomic mass is 10.2. The molecule has 0 aliphatic rings. The first-order valence-electron chi connectivity index (χ1n) is 3.80. The number of hydrogen-bond donors (Lipinski definition) is 0. The van der Waals surface area contributed by atoms with Crippen LogP contribution in [0.4, 0.5) is 0 Å². The van der Waals surface area contributed by atoms with Crippen LogP contribution in [0, 0.1) is 21.8 Å². The standard InChI is InChI=1S/C10H6INS/c1-6-2-8-9(11)3-7(5-12)4-10(8)13-6/h2-4H,1H3. The lowest BCUT2D eigenvalue weighted by Crippen LogP contribution is -1.76. The summed E-state index contributed by atoms with van der Waals surface area (Å²) in [7, 11) is 0. The molecule has 0 saturated carbocycles. The number of aryl methyl sites for hydroxylation is 1. The zero-order valence-corrected chi connectivity index (χ0v) is 9.94. The van der Waals surface area contributed by atoms with Crippen LogP contribution in [-0.2, 0) is 0 Å². The summed E-state index contributed by atoms with van der Waals surface area (Å²) < 4.78 is 2.37. The van der Waals surface area contributed by atoms with Crippen molar-refractivity contribution in [3.05, 3.63) is 32.2 Å². The van der Waals surface area contributed by atoms with Gasteiger partial charge in [0.2, 0.25) is 0 Å². The highest BCUT2D eigenvalue weighted by Crippen LogP contribution is 2.29. The van der Waals surface area contributed by atoms with Gasteiger partial charge in [-0.3, -0.25) is 0 Å². The van der Waals surface area contributed by atoms with Crippen molar-refractivity contribution in [3.8, 4) is 6.07 Å². The molecule has 0 unspecified atom stereocenters. The Morgan fingerprint density at radius 1 is 1.38 bits per heavy atom. The Labute approximate surface area is 94.1 Å². The van der Waals surface area contributed by atoms with Gasteiger partial charge < -0.3 is 0 Å². The summed E-state index contributed by atoms with van der Waals surface area (Å²) in [5, 5.41) is 10.0. The molecular weight excluding hydrogens is 293 g/mol. The average molecular weight is 299 g/mol. The van der Waals surface area contributed by atoms with E-state index in [0.29, 0.717) is 0 Å². The molecule has 0 N–H and O–H groups in total. The first-order valence-corrected chi connectivity index (χ1v) is 5.70. The summed E-state index contributed by atoms with van der Waals surface area (Å²) in [6.45, 7) is 2.09. The number of benzene rings is 1. The van der Waals surface area contributed by atoms with Crippen molar-refractivity contribution in [3.63, 3.8) is 0 Å². The van der Waals surface area contributed by atoms with E-state index in [4.69, 9.17) is 5.26 Å². The topological polar surface area (TPSA) is 23.8 Å². The predicted octanol–water partition coefficient (Wildman–Crippen LogP) is 3.69. The maximum absolute atomic E-state index is 8.78. The van der Waals surface area contributed by atoms with Crippen LogP contribution >= 0.6 is 33.9 Å². The molecule has 2 aromatic rings.